The highest BCUT2D eigenvalue weighted by atomic mass is 32.2. The second kappa shape index (κ2) is 9.03. The molecule has 0 aliphatic rings. The summed E-state index contributed by atoms with van der Waals surface area (Å²) in [6.45, 7) is 10.6. The zero-order valence-electron chi connectivity index (χ0n) is 17.5. The molecule has 0 spiro atoms. The van der Waals surface area contributed by atoms with Crippen molar-refractivity contribution in [2.24, 2.45) is 0 Å². The predicted molar refractivity (Wildman–Crippen MR) is 104 cm³/mol. The molecular formula is C19H31NO6S. The number of sulfonamides is 1. The first-order chi connectivity index (χ1) is 12.3. The first kappa shape index (κ1) is 23.4. The van der Waals surface area contributed by atoms with E-state index in [-0.39, 0.29) is 18.0 Å². The minimum atomic E-state index is -3.69. The number of hydrogen-bond donors (Lipinski definition) is 0. The molecule has 0 heterocycles. The Kier molecular flexibility index (Phi) is 7.83. The van der Waals surface area contributed by atoms with E-state index in [2.05, 4.69) is 0 Å². The Balaban J connectivity index is 2.77. The van der Waals surface area contributed by atoms with E-state index in [4.69, 9.17) is 14.2 Å². The molecule has 0 N–H and O–H groups in total. The van der Waals surface area contributed by atoms with Crippen LogP contribution in [0.15, 0.2) is 17.0 Å². The van der Waals surface area contributed by atoms with Crippen LogP contribution in [0.4, 0.5) is 0 Å². The summed E-state index contributed by atoms with van der Waals surface area (Å²) in [4.78, 5) is 12.2. The molecule has 0 saturated carbocycles. The van der Waals surface area contributed by atoms with E-state index in [0.29, 0.717) is 16.9 Å². The lowest BCUT2D eigenvalue weighted by Crippen LogP contribution is -2.35. The summed E-state index contributed by atoms with van der Waals surface area (Å²) < 4.78 is 42.9. The average molecular weight is 402 g/mol. The number of hydrogen-bond acceptors (Lipinski definition) is 6. The van der Waals surface area contributed by atoms with Crippen LogP contribution >= 0.6 is 0 Å². The maximum atomic E-state index is 12.9. The summed E-state index contributed by atoms with van der Waals surface area (Å²) in [5.41, 5.74) is 0.626. The van der Waals surface area contributed by atoms with Crippen LogP contribution in [-0.2, 0) is 24.3 Å². The molecule has 0 radical (unpaired) electrons. The summed E-state index contributed by atoms with van der Waals surface area (Å²) in [5, 5.41) is 0. The molecule has 1 atom stereocenters. The molecule has 8 heteroatoms. The number of aryl methyl sites for hydroxylation is 2. The Hall–Kier alpha value is -1.64. The zero-order chi connectivity index (χ0) is 21.0. The minimum absolute atomic E-state index is 0.0738. The number of carbonyl (C=O) groups excluding carboxylic acids is 1. The highest BCUT2D eigenvalue weighted by Crippen LogP contribution is 2.27. The number of carbonyl (C=O) groups is 1. The van der Waals surface area contributed by atoms with Gasteiger partial charge in [-0.05, 0) is 64.8 Å². The van der Waals surface area contributed by atoms with Crippen LogP contribution in [0.1, 0.15) is 38.8 Å². The number of rotatable bonds is 8. The van der Waals surface area contributed by atoms with Crippen LogP contribution in [0.25, 0.3) is 0 Å². The van der Waals surface area contributed by atoms with Crippen LogP contribution in [-0.4, -0.2) is 57.7 Å². The minimum Gasteiger partial charge on any atom is -0.497 e. The van der Waals surface area contributed by atoms with E-state index in [1.165, 1.54) is 18.5 Å². The van der Waals surface area contributed by atoms with E-state index in [1.54, 1.807) is 53.7 Å². The molecule has 0 aromatic heterocycles. The normalized spacial score (nSPS) is 13.5. The highest BCUT2D eigenvalue weighted by Gasteiger charge is 2.26. The van der Waals surface area contributed by atoms with Crippen molar-refractivity contribution in [3.8, 4) is 5.75 Å². The Morgan fingerprint density at radius 1 is 1.19 bits per heavy atom. The Morgan fingerprint density at radius 3 is 2.15 bits per heavy atom. The lowest BCUT2D eigenvalue weighted by Gasteiger charge is -2.23. The standard InChI is InChI=1S/C19H31NO6S/c1-13-11-16(24-8)12-14(2)17(13)27(22,23)20(7)9-10-25-15(3)18(21)26-19(4,5)6/h11-12,15H,9-10H2,1-8H3. The van der Waals surface area contributed by atoms with E-state index in [1.807, 2.05) is 0 Å². The molecule has 7 nitrogen and oxygen atoms in total. The molecule has 27 heavy (non-hydrogen) atoms. The van der Waals surface area contributed by atoms with Crippen molar-refractivity contribution in [2.75, 3.05) is 27.3 Å². The molecular weight excluding hydrogens is 370 g/mol. The molecule has 0 bridgehead atoms. The van der Waals surface area contributed by atoms with E-state index < -0.39 is 27.7 Å². The van der Waals surface area contributed by atoms with Crippen molar-refractivity contribution in [2.45, 2.75) is 58.1 Å². The topological polar surface area (TPSA) is 82.1 Å². The second-order valence-corrected chi connectivity index (χ2v) is 9.45. The van der Waals surface area contributed by atoms with Gasteiger partial charge in [0.1, 0.15) is 11.4 Å². The summed E-state index contributed by atoms with van der Waals surface area (Å²) in [6, 6.07) is 3.38. The van der Waals surface area contributed by atoms with E-state index in [0.717, 1.165) is 0 Å². The van der Waals surface area contributed by atoms with Crippen molar-refractivity contribution >= 4 is 16.0 Å². The van der Waals surface area contributed by atoms with Crippen molar-refractivity contribution in [1.29, 1.82) is 0 Å². The van der Waals surface area contributed by atoms with Crippen LogP contribution in [0.5, 0.6) is 5.75 Å². The van der Waals surface area contributed by atoms with Crippen LogP contribution in [0.3, 0.4) is 0 Å². The molecule has 1 rings (SSSR count). The molecule has 0 amide bonds. The number of ether oxygens (including phenoxy) is 3. The number of likely N-dealkylation sites (N-methyl/N-ethyl adjacent to an activating group) is 1. The van der Waals surface area contributed by atoms with Gasteiger partial charge < -0.3 is 14.2 Å². The summed E-state index contributed by atoms with van der Waals surface area (Å²) >= 11 is 0. The van der Waals surface area contributed by atoms with Crippen molar-refractivity contribution in [3.05, 3.63) is 23.3 Å². The fraction of sp³-hybridized carbons (Fsp3) is 0.632. The largest absolute Gasteiger partial charge is 0.497 e. The Bertz CT molecular complexity index is 744. The van der Waals surface area contributed by atoms with Gasteiger partial charge in [0.25, 0.3) is 0 Å². The van der Waals surface area contributed by atoms with Crippen molar-refractivity contribution in [3.63, 3.8) is 0 Å². The fourth-order valence-corrected chi connectivity index (χ4v) is 4.08. The molecule has 0 aliphatic heterocycles. The molecule has 0 aliphatic carbocycles. The third-order valence-electron chi connectivity index (χ3n) is 3.85. The van der Waals surface area contributed by atoms with Gasteiger partial charge in [-0.25, -0.2) is 13.2 Å². The fourth-order valence-electron chi connectivity index (χ4n) is 2.52. The molecule has 154 valence electrons. The maximum absolute atomic E-state index is 12.9. The number of nitrogens with zero attached hydrogens (tertiary/aromatic N) is 1. The lowest BCUT2D eigenvalue weighted by atomic mass is 10.1. The Labute approximate surface area is 162 Å². The predicted octanol–water partition coefficient (Wildman–Crippen LogP) is 2.68. The number of esters is 1. The maximum Gasteiger partial charge on any atom is 0.335 e. The van der Waals surface area contributed by atoms with Gasteiger partial charge in [-0.15, -0.1) is 0 Å². The van der Waals surface area contributed by atoms with Crippen molar-refractivity contribution < 1.29 is 27.4 Å². The lowest BCUT2D eigenvalue weighted by molar-refractivity contribution is -0.167. The van der Waals surface area contributed by atoms with Crippen LogP contribution < -0.4 is 4.74 Å². The van der Waals surface area contributed by atoms with Gasteiger partial charge in [0.05, 0.1) is 18.6 Å². The third-order valence-corrected chi connectivity index (χ3v) is 6.01. The van der Waals surface area contributed by atoms with Gasteiger partial charge in [-0.1, -0.05) is 0 Å². The average Bonchev–Trinajstić information content (AvgIpc) is 2.51. The van der Waals surface area contributed by atoms with Gasteiger partial charge in [0.15, 0.2) is 6.10 Å². The van der Waals surface area contributed by atoms with Gasteiger partial charge in [0, 0.05) is 13.6 Å². The zero-order valence-corrected chi connectivity index (χ0v) is 18.3. The number of benzene rings is 1. The first-order valence-electron chi connectivity index (χ1n) is 8.75. The molecule has 1 aromatic rings. The van der Waals surface area contributed by atoms with Crippen LogP contribution in [0, 0.1) is 13.8 Å². The van der Waals surface area contributed by atoms with Gasteiger partial charge in [-0.2, -0.15) is 4.31 Å². The van der Waals surface area contributed by atoms with Gasteiger partial charge >= 0.3 is 5.97 Å². The SMILES string of the molecule is COc1cc(C)c(S(=O)(=O)N(C)CCOC(C)C(=O)OC(C)(C)C)c(C)c1. The smallest absolute Gasteiger partial charge is 0.335 e. The highest BCUT2D eigenvalue weighted by molar-refractivity contribution is 7.89. The molecule has 1 unspecified atom stereocenters. The van der Waals surface area contributed by atoms with E-state index in [9.17, 15) is 13.2 Å². The summed E-state index contributed by atoms with van der Waals surface area (Å²) in [6.07, 6.45) is -0.773. The molecule has 1 aromatic carbocycles. The van der Waals surface area contributed by atoms with Gasteiger partial charge in [-0.3, -0.25) is 0 Å². The summed E-state index contributed by atoms with van der Waals surface area (Å²) in [5.74, 6) is 0.135. The van der Waals surface area contributed by atoms with Gasteiger partial charge in [0.2, 0.25) is 10.0 Å². The first-order valence-corrected chi connectivity index (χ1v) is 10.2. The molecule has 0 saturated heterocycles. The quantitative estimate of drug-likeness (QED) is 0.623. The van der Waals surface area contributed by atoms with E-state index >= 15 is 0 Å². The third kappa shape index (κ3) is 6.48. The molecule has 0 fully saturated rings. The number of methoxy groups -OCH3 is 1. The Morgan fingerprint density at radius 2 is 1.70 bits per heavy atom. The summed E-state index contributed by atoms with van der Waals surface area (Å²) in [7, 11) is -0.665. The second-order valence-electron chi connectivity index (χ2n) is 7.46. The van der Waals surface area contributed by atoms with Crippen LogP contribution in [0.2, 0.25) is 0 Å². The van der Waals surface area contributed by atoms with Crippen molar-refractivity contribution in [1.82, 2.24) is 4.31 Å². The monoisotopic (exact) mass is 401 g/mol.